The summed E-state index contributed by atoms with van der Waals surface area (Å²) in [5.41, 5.74) is 4.23. The fourth-order valence-electron chi connectivity index (χ4n) is 4.06. The van der Waals surface area contributed by atoms with E-state index in [1.54, 1.807) is 13.2 Å². The van der Waals surface area contributed by atoms with E-state index in [1.165, 1.54) is 10.5 Å². The number of nitrogens with one attached hydrogen (secondary N) is 1. The molecule has 3 aromatic carbocycles. The highest BCUT2D eigenvalue weighted by atomic mass is 16.5. The Bertz CT molecular complexity index is 1250. The fourth-order valence-corrected chi connectivity index (χ4v) is 4.06. The monoisotopic (exact) mass is 400 g/mol. The van der Waals surface area contributed by atoms with Gasteiger partial charge in [0.15, 0.2) is 5.58 Å². The molecular weight excluding hydrogens is 378 g/mol. The summed E-state index contributed by atoms with van der Waals surface area (Å²) in [6, 6.07) is 23.5. The van der Waals surface area contributed by atoms with Crippen molar-refractivity contribution in [3.05, 3.63) is 94.3 Å². The molecule has 30 heavy (non-hydrogen) atoms. The van der Waals surface area contributed by atoms with E-state index in [2.05, 4.69) is 12.1 Å². The quantitative estimate of drug-likeness (QED) is 0.534. The molecule has 5 nitrogen and oxygen atoms in total. The number of hydrogen-bond donors (Lipinski definition) is 1. The van der Waals surface area contributed by atoms with E-state index in [4.69, 9.17) is 13.9 Å². The van der Waals surface area contributed by atoms with Crippen molar-refractivity contribution in [1.29, 1.82) is 0 Å². The number of quaternary nitrogens is 1. The molecule has 0 amide bonds. The summed E-state index contributed by atoms with van der Waals surface area (Å²) in [5, 5.41) is 0.906. The minimum Gasteiger partial charge on any atom is -0.497 e. The summed E-state index contributed by atoms with van der Waals surface area (Å²) < 4.78 is 17.0. The molecule has 150 valence electrons. The molecule has 0 aliphatic carbocycles. The van der Waals surface area contributed by atoms with Gasteiger partial charge in [-0.3, -0.25) is 4.90 Å². The zero-order chi connectivity index (χ0) is 20.5. The van der Waals surface area contributed by atoms with E-state index in [-0.39, 0.29) is 5.63 Å². The van der Waals surface area contributed by atoms with Crippen LogP contribution >= 0.6 is 0 Å². The highest BCUT2D eigenvalue weighted by Crippen LogP contribution is 2.34. The van der Waals surface area contributed by atoms with E-state index in [0.717, 1.165) is 46.7 Å². The third-order valence-electron chi connectivity index (χ3n) is 5.53. The van der Waals surface area contributed by atoms with Gasteiger partial charge >= 0.3 is 5.63 Å². The SMILES string of the molecule is COc1ccc(-c2cc(=O)oc3c4c(ccc23)OC[NH+](Cc2ccccc2)C4)cc1. The number of fused-ring (bicyclic) bond motifs is 3. The zero-order valence-electron chi connectivity index (χ0n) is 16.7. The first kappa shape index (κ1) is 18.5. The lowest BCUT2D eigenvalue weighted by molar-refractivity contribution is -0.945. The first-order chi connectivity index (χ1) is 14.7. The Morgan fingerprint density at radius 1 is 1.00 bits per heavy atom. The summed E-state index contributed by atoms with van der Waals surface area (Å²) in [7, 11) is 1.64. The van der Waals surface area contributed by atoms with E-state index in [1.807, 2.05) is 54.6 Å². The Balaban J connectivity index is 1.57. The van der Waals surface area contributed by atoms with Gasteiger partial charge in [-0.2, -0.15) is 0 Å². The lowest BCUT2D eigenvalue weighted by atomic mass is 9.99. The summed E-state index contributed by atoms with van der Waals surface area (Å²) >= 11 is 0. The van der Waals surface area contributed by atoms with Crippen LogP contribution in [0.2, 0.25) is 0 Å². The number of methoxy groups -OCH3 is 1. The van der Waals surface area contributed by atoms with Gasteiger partial charge in [-0.25, -0.2) is 4.79 Å². The first-order valence-corrected chi connectivity index (χ1v) is 9.96. The van der Waals surface area contributed by atoms with E-state index >= 15 is 0 Å². The Morgan fingerprint density at radius 2 is 1.80 bits per heavy atom. The zero-order valence-corrected chi connectivity index (χ0v) is 16.7. The number of ether oxygens (including phenoxy) is 2. The van der Waals surface area contributed by atoms with E-state index in [9.17, 15) is 4.79 Å². The largest absolute Gasteiger partial charge is 0.497 e. The van der Waals surface area contributed by atoms with Crippen LogP contribution in [0, 0.1) is 0 Å². The average Bonchev–Trinajstić information content (AvgIpc) is 2.79. The maximum absolute atomic E-state index is 12.4. The Hall–Kier alpha value is -3.57. The molecule has 1 N–H and O–H groups in total. The second-order valence-electron chi connectivity index (χ2n) is 7.50. The van der Waals surface area contributed by atoms with E-state index in [0.29, 0.717) is 12.3 Å². The van der Waals surface area contributed by atoms with Gasteiger partial charge < -0.3 is 13.9 Å². The van der Waals surface area contributed by atoms with Crippen molar-refractivity contribution < 1.29 is 18.8 Å². The van der Waals surface area contributed by atoms with Crippen molar-refractivity contribution >= 4 is 11.0 Å². The first-order valence-electron chi connectivity index (χ1n) is 9.96. The van der Waals surface area contributed by atoms with E-state index < -0.39 is 0 Å². The second-order valence-corrected chi connectivity index (χ2v) is 7.50. The van der Waals surface area contributed by atoms with Crippen LogP contribution in [0.4, 0.5) is 0 Å². The number of rotatable bonds is 4. The molecule has 0 spiro atoms. The second kappa shape index (κ2) is 7.69. The Kier molecular flexibility index (Phi) is 4.73. The molecule has 1 aromatic heterocycles. The van der Waals surface area contributed by atoms with Crippen molar-refractivity contribution in [2.75, 3.05) is 13.8 Å². The summed E-state index contributed by atoms with van der Waals surface area (Å²) in [4.78, 5) is 13.7. The topological polar surface area (TPSA) is 53.1 Å². The van der Waals surface area contributed by atoms with Crippen LogP contribution < -0.4 is 20.0 Å². The molecule has 0 saturated carbocycles. The van der Waals surface area contributed by atoms with Gasteiger partial charge in [0, 0.05) is 17.0 Å². The third-order valence-corrected chi connectivity index (χ3v) is 5.53. The normalized spacial score (nSPS) is 15.4. The molecule has 5 heteroatoms. The van der Waals surface area contributed by atoms with Crippen molar-refractivity contribution in [3.8, 4) is 22.6 Å². The Morgan fingerprint density at radius 3 is 2.57 bits per heavy atom. The van der Waals surface area contributed by atoms with Gasteiger partial charge in [0.1, 0.15) is 24.6 Å². The van der Waals surface area contributed by atoms with Crippen molar-refractivity contribution in [2.45, 2.75) is 13.1 Å². The van der Waals surface area contributed by atoms with Crippen LogP contribution in [-0.2, 0) is 13.1 Å². The lowest BCUT2D eigenvalue weighted by Crippen LogP contribution is -3.10. The van der Waals surface area contributed by atoms with Crippen LogP contribution in [-0.4, -0.2) is 13.8 Å². The molecule has 2 heterocycles. The van der Waals surface area contributed by atoms with Crippen LogP contribution in [0.5, 0.6) is 11.5 Å². The van der Waals surface area contributed by atoms with Crippen LogP contribution in [0.15, 0.2) is 82.0 Å². The molecule has 1 unspecified atom stereocenters. The minimum atomic E-state index is -0.364. The summed E-state index contributed by atoms with van der Waals surface area (Å²) in [6.07, 6.45) is 0. The molecule has 1 aliphatic rings. The van der Waals surface area contributed by atoms with Gasteiger partial charge in [-0.15, -0.1) is 0 Å². The Labute approximate surface area is 174 Å². The van der Waals surface area contributed by atoms with Crippen LogP contribution in [0.1, 0.15) is 11.1 Å². The third kappa shape index (κ3) is 3.44. The summed E-state index contributed by atoms with van der Waals surface area (Å²) in [6.45, 7) is 2.16. The molecule has 1 atom stereocenters. The standard InChI is InChI=1S/C25H21NO4/c1-28-19-9-7-18(8-10-19)21-13-24(27)30-25-20(21)11-12-23-22(25)15-26(16-29-23)14-17-5-3-2-4-6-17/h2-13H,14-16H2,1H3/p+1. The van der Waals surface area contributed by atoms with Gasteiger partial charge in [-0.05, 0) is 35.4 Å². The van der Waals surface area contributed by atoms with Crippen molar-refractivity contribution in [1.82, 2.24) is 0 Å². The van der Waals surface area contributed by atoms with Crippen LogP contribution in [0.3, 0.4) is 0 Å². The molecule has 4 aromatic rings. The van der Waals surface area contributed by atoms with Gasteiger partial charge in [0.25, 0.3) is 0 Å². The predicted octanol–water partition coefficient (Wildman–Crippen LogP) is 3.40. The molecule has 0 fully saturated rings. The van der Waals surface area contributed by atoms with Gasteiger partial charge in [0.05, 0.1) is 12.7 Å². The molecule has 5 rings (SSSR count). The van der Waals surface area contributed by atoms with Crippen molar-refractivity contribution in [3.63, 3.8) is 0 Å². The minimum absolute atomic E-state index is 0.364. The summed E-state index contributed by atoms with van der Waals surface area (Å²) in [5.74, 6) is 1.56. The lowest BCUT2D eigenvalue weighted by Gasteiger charge is -2.26. The smallest absolute Gasteiger partial charge is 0.336 e. The molecule has 0 saturated heterocycles. The maximum Gasteiger partial charge on any atom is 0.336 e. The molecular formula is C25H22NO4+. The van der Waals surface area contributed by atoms with Gasteiger partial charge in [-0.1, -0.05) is 42.5 Å². The fraction of sp³-hybridized carbons (Fsp3) is 0.160. The highest BCUT2D eigenvalue weighted by Gasteiger charge is 2.25. The molecule has 1 aliphatic heterocycles. The molecule has 0 bridgehead atoms. The number of hydrogen-bond acceptors (Lipinski definition) is 4. The number of benzene rings is 3. The molecule has 0 radical (unpaired) electrons. The van der Waals surface area contributed by atoms with Gasteiger partial charge in [0.2, 0.25) is 6.73 Å². The average molecular weight is 400 g/mol. The van der Waals surface area contributed by atoms with Crippen LogP contribution in [0.25, 0.3) is 22.1 Å². The predicted molar refractivity (Wildman–Crippen MR) is 115 cm³/mol. The maximum atomic E-state index is 12.4. The highest BCUT2D eigenvalue weighted by molar-refractivity contribution is 5.95. The van der Waals surface area contributed by atoms with Crippen molar-refractivity contribution in [2.24, 2.45) is 0 Å².